The minimum atomic E-state index is -0.312. The fraction of sp³-hybridized carbons (Fsp3) is 0.409. The molecule has 0 aliphatic heterocycles. The van der Waals surface area contributed by atoms with Crippen LogP contribution in [0.25, 0.3) is 6.08 Å². The highest BCUT2D eigenvalue weighted by molar-refractivity contribution is 6.00. The molecule has 0 spiro atoms. The highest BCUT2D eigenvalue weighted by atomic mass is 16.2. The van der Waals surface area contributed by atoms with Crippen molar-refractivity contribution in [3.63, 3.8) is 0 Å². The molecule has 0 radical (unpaired) electrons. The van der Waals surface area contributed by atoms with Gasteiger partial charge in [-0.25, -0.2) is 0 Å². The molecule has 25 heavy (non-hydrogen) atoms. The maximum absolute atomic E-state index is 12.9. The Labute approximate surface area is 150 Å². The van der Waals surface area contributed by atoms with Crippen LogP contribution in [0.3, 0.4) is 0 Å². The van der Waals surface area contributed by atoms with Crippen LogP contribution in [0.15, 0.2) is 53.8 Å². The molecule has 0 unspecified atom stereocenters. The summed E-state index contributed by atoms with van der Waals surface area (Å²) in [6.45, 7) is 6.27. The zero-order chi connectivity index (χ0) is 18.1. The average molecular weight is 336 g/mol. The van der Waals surface area contributed by atoms with Gasteiger partial charge >= 0.3 is 0 Å². The molecule has 1 amide bonds. The number of benzene rings is 1. The van der Waals surface area contributed by atoms with Crippen molar-refractivity contribution in [1.29, 1.82) is 0 Å². The Hall–Kier alpha value is -2.29. The molecule has 2 aliphatic carbocycles. The Balaban J connectivity index is 1.76. The van der Waals surface area contributed by atoms with Crippen molar-refractivity contribution in [2.75, 3.05) is 5.32 Å². The Bertz CT molecular complexity index is 758. The maximum Gasteiger partial charge on any atom is 0.235 e. The lowest BCUT2D eigenvalue weighted by molar-refractivity contribution is -0.119. The van der Waals surface area contributed by atoms with Crippen LogP contribution in [0, 0.1) is 10.8 Å². The van der Waals surface area contributed by atoms with Crippen molar-refractivity contribution in [1.82, 2.24) is 0 Å². The monoisotopic (exact) mass is 336 g/mol. The summed E-state index contributed by atoms with van der Waals surface area (Å²) < 4.78 is 0. The van der Waals surface area contributed by atoms with Crippen LogP contribution < -0.4 is 11.1 Å². The van der Waals surface area contributed by atoms with Gasteiger partial charge in [-0.3, -0.25) is 4.79 Å². The second-order valence-electron chi connectivity index (χ2n) is 8.15. The summed E-state index contributed by atoms with van der Waals surface area (Å²) in [5.74, 6) is 0.107. The van der Waals surface area contributed by atoms with Crippen LogP contribution in [0.2, 0.25) is 0 Å². The fourth-order valence-electron chi connectivity index (χ4n) is 3.09. The van der Waals surface area contributed by atoms with E-state index in [-0.39, 0.29) is 16.7 Å². The van der Waals surface area contributed by atoms with E-state index in [1.54, 1.807) is 0 Å². The maximum atomic E-state index is 12.9. The smallest absolute Gasteiger partial charge is 0.235 e. The number of hydrogen-bond donors (Lipinski definition) is 2. The first kappa shape index (κ1) is 17.5. The van der Waals surface area contributed by atoms with Gasteiger partial charge in [-0.15, -0.1) is 0 Å². The Morgan fingerprint density at radius 1 is 1.24 bits per heavy atom. The van der Waals surface area contributed by atoms with Crippen molar-refractivity contribution in [3.8, 4) is 0 Å². The molecule has 3 nitrogen and oxygen atoms in total. The van der Waals surface area contributed by atoms with Crippen LogP contribution in [0.1, 0.15) is 52.0 Å². The van der Waals surface area contributed by atoms with Gasteiger partial charge in [0.25, 0.3) is 0 Å². The number of nitrogens with one attached hydrogen (secondary N) is 1. The molecular weight excluding hydrogens is 308 g/mol. The molecule has 0 bridgehead atoms. The normalized spacial score (nSPS) is 19.3. The van der Waals surface area contributed by atoms with Gasteiger partial charge in [0.2, 0.25) is 5.91 Å². The Morgan fingerprint density at radius 2 is 2.00 bits per heavy atom. The van der Waals surface area contributed by atoms with Gasteiger partial charge in [-0.1, -0.05) is 51.1 Å². The number of carbonyl (C=O) groups excluding carboxylic acids is 1. The zero-order valence-electron chi connectivity index (χ0n) is 15.4. The Morgan fingerprint density at radius 3 is 2.60 bits per heavy atom. The van der Waals surface area contributed by atoms with E-state index in [1.165, 1.54) is 5.57 Å². The molecule has 1 aromatic rings. The van der Waals surface area contributed by atoms with E-state index >= 15 is 0 Å². The van der Waals surface area contributed by atoms with Gasteiger partial charge in [-0.2, -0.15) is 0 Å². The predicted octanol–water partition coefficient (Wildman–Crippen LogP) is 5.03. The largest absolute Gasteiger partial charge is 0.402 e. The van der Waals surface area contributed by atoms with Crippen LogP contribution in [0.5, 0.6) is 0 Å². The molecule has 0 heterocycles. The number of allylic oxidation sites excluding steroid dienone is 4. The molecular formula is C22H28N2O. The van der Waals surface area contributed by atoms with Crippen LogP contribution in [-0.4, -0.2) is 5.91 Å². The zero-order valence-corrected chi connectivity index (χ0v) is 15.4. The summed E-state index contributed by atoms with van der Waals surface area (Å²) in [6, 6.07) is 7.88. The highest BCUT2D eigenvalue weighted by Gasteiger charge is 2.52. The Kier molecular flexibility index (Phi) is 4.59. The molecule has 1 aromatic carbocycles. The summed E-state index contributed by atoms with van der Waals surface area (Å²) in [5.41, 5.74) is 9.63. The second-order valence-corrected chi connectivity index (χ2v) is 8.15. The molecule has 1 fully saturated rings. The molecule has 132 valence electrons. The van der Waals surface area contributed by atoms with Gasteiger partial charge in [-0.05, 0) is 55.0 Å². The van der Waals surface area contributed by atoms with Gasteiger partial charge < -0.3 is 11.1 Å². The quantitative estimate of drug-likeness (QED) is 0.810. The first-order valence-electron chi connectivity index (χ1n) is 9.08. The molecule has 3 rings (SSSR count). The van der Waals surface area contributed by atoms with Crippen LogP contribution in [-0.2, 0) is 4.79 Å². The third kappa shape index (κ3) is 3.87. The van der Waals surface area contributed by atoms with E-state index in [9.17, 15) is 4.79 Å². The van der Waals surface area contributed by atoms with E-state index in [0.29, 0.717) is 0 Å². The predicted molar refractivity (Wildman–Crippen MR) is 105 cm³/mol. The number of carbonyl (C=O) groups is 1. The lowest BCUT2D eigenvalue weighted by Crippen LogP contribution is -2.26. The molecule has 0 atom stereocenters. The van der Waals surface area contributed by atoms with Gasteiger partial charge in [0.15, 0.2) is 0 Å². The molecule has 2 aliphatic rings. The lowest BCUT2D eigenvalue weighted by Gasteiger charge is -2.20. The number of anilines is 1. The van der Waals surface area contributed by atoms with Crippen molar-refractivity contribution in [2.45, 2.75) is 46.5 Å². The highest BCUT2D eigenvalue weighted by Crippen LogP contribution is 2.53. The third-order valence-electron chi connectivity index (χ3n) is 5.06. The molecule has 0 saturated heterocycles. The first-order chi connectivity index (χ1) is 11.8. The summed E-state index contributed by atoms with van der Waals surface area (Å²) >= 11 is 0. The number of rotatable bonds is 4. The van der Waals surface area contributed by atoms with Gasteiger partial charge in [0, 0.05) is 16.8 Å². The summed E-state index contributed by atoms with van der Waals surface area (Å²) in [6.07, 6.45) is 12.5. The van der Waals surface area contributed by atoms with E-state index in [1.807, 2.05) is 30.3 Å². The minimum absolute atomic E-state index is 0.0723. The summed E-state index contributed by atoms with van der Waals surface area (Å²) in [7, 11) is 0. The second kappa shape index (κ2) is 6.55. The van der Waals surface area contributed by atoms with Crippen LogP contribution >= 0.6 is 0 Å². The van der Waals surface area contributed by atoms with Gasteiger partial charge in [0.1, 0.15) is 0 Å². The van der Waals surface area contributed by atoms with Crippen molar-refractivity contribution in [3.05, 3.63) is 59.3 Å². The number of nitrogens with two attached hydrogens (primary N) is 1. The van der Waals surface area contributed by atoms with E-state index in [0.717, 1.165) is 42.6 Å². The summed E-state index contributed by atoms with van der Waals surface area (Å²) in [4.78, 5) is 12.9. The number of amides is 1. The molecule has 0 aromatic heterocycles. The minimum Gasteiger partial charge on any atom is -0.402 e. The topological polar surface area (TPSA) is 55.1 Å². The first-order valence-corrected chi connectivity index (χ1v) is 9.08. The van der Waals surface area contributed by atoms with Crippen molar-refractivity contribution < 1.29 is 4.79 Å². The molecule has 3 heteroatoms. The van der Waals surface area contributed by atoms with E-state index in [4.69, 9.17) is 5.73 Å². The number of hydrogen-bond acceptors (Lipinski definition) is 2. The third-order valence-corrected chi connectivity index (χ3v) is 5.06. The van der Waals surface area contributed by atoms with E-state index in [2.05, 4.69) is 44.3 Å². The molecule has 1 saturated carbocycles. The van der Waals surface area contributed by atoms with Crippen molar-refractivity contribution in [2.24, 2.45) is 16.6 Å². The molecule has 3 N–H and O–H groups in total. The average Bonchev–Trinajstić information content (AvgIpc) is 3.37. The summed E-state index contributed by atoms with van der Waals surface area (Å²) in [5, 5.41) is 3.11. The van der Waals surface area contributed by atoms with Crippen LogP contribution in [0.4, 0.5) is 5.69 Å². The van der Waals surface area contributed by atoms with Crippen molar-refractivity contribution >= 4 is 17.7 Å². The SMILES string of the molecule is CC(C)(C)/C(N)=C/c1cccc(NC(=O)C2(C3=CCCC=C3)CC2)c1. The van der Waals surface area contributed by atoms with Gasteiger partial charge in [0.05, 0.1) is 5.41 Å². The fourth-order valence-corrected chi connectivity index (χ4v) is 3.09. The van der Waals surface area contributed by atoms with E-state index < -0.39 is 0 Å². The lowest BCUT2D eigenvalue weighted by atomic mass is 9.90. The standard InChI is InChI=1S/C22H28N2O/c1-21(2,3)19(23)15-16-8-7-11-18(14-16)24-20(25)22(12-13-22)17-9-5-4-6-10-17/h5,7-11,14-15H,4,6,12-13,23H2,1-3H3,(H,24,25)/b19-15-.